The van der Waals surface area contributed by atoms with Crippen molar-refractivity contribution in [1.29, 1.82) is 0 Å². The largest absolute Gasteiger partial charge is 0.392 e. The molecule has 0 bridgehead atoms. The van der Waals surface area contributed by atoms with E-state index in [1.54, 1.807) is 18.1 Å². The summed E-state index contributed by atoms with van der Waals surface area (Å²) in [5.41, 5.74) is 0. The summed E-state index contributed by atoms with van der Waals surface area (Å²) in [5.74, 6) is 0. The highest BCUT2D eigenvalue weighted by Gasteiger charge is 2.25. The van der Waals surface area contributed by atoms with Gasteiger partial charge in [-0.2, -0.15) is 0 Å². The summed E-state index contributed by atoms with van der Waals surface area (Å²) in [6.45, 7) is 0. The van der Waals surface area contributed by atoms with Crippen LogP contribution in [-0.2, 0) is 7.05 Å². The Hall–Kier alpha value is -0.550. The molecule has 0 amide bonds. The summed E-state index contributed by atoms with van der Waals surface area (Å²) in [7, 11) is 1.93. The Kier molecular flexibility index (Phi) is 3.08. The van der Waals surface area contributed by atoms with Crippen molar-refractivity contribution in [2.24, 2.45) is 7.05 Å². The van der Waals surface area contributed by atoms with Crippen LogP contribution in [0, 0.1) is 0 Å². The predicted molar refractivity (Wildman–Crippen MR) is 55.1 cm³/mol. The first-order valence-corrected chi connectivity index (χ1v) is 5.84. The van der Waals surface area contributed by atoms with Gasteiger partial charge in [-0.1, -0.05) is 24.6 Å². The highest BCUT2D eigenvalue weighted by Crippen LogP contribution is 2.32. The van der Waals surface area contributed by atoms with E-state index in [4.69, 9.17) is 0 Å². The van der Waals surface area contributed by atoms with Crippen LogP contribution in [0.4, 0.5) is 0 Å². The van der Waals surface area contributed by atoms with E-state index < -0.39 is 0 Å². The Morgan fingerprint density at radius 2 is 2.29 bits per heavy atom. The maximum absolute atomic E-state index is 9.78. The number of thioether (sulfide) groups is 1. The first-order valence-electron chi connectivity index (χ1n) is 4.96. The van der Waals surface area contributed by atoms with Gasteiger partial charge < -0.3 is 9.67 Å². The van der Waals surface area contributed by atoms with Crippen LogP contribution in [0.1, 0.15) is 25.7 Å². The van der Waals surface area contributed by atoms with Crippen LogP contribution in [0.25, 0.3) is 0 Å². The molecule has 0 saturated heterocycles. The van der Waals surface area contributed by atoms with Crippen molar-refractivity contribution in [1.82, 2.24) is 14.8 Å². The second kappa shape index (κ2) is 4.31. The van der Waals surface area contributed by atoms with Crippen molar-refractivity contribution in [3.63, 3.8) is 0 Å². The van der Waals surface area contributed by atoms with Gasteiger partial charge in [0.15, 0.2) is 5.16 Å². The monoisotopic (exact) mass is 213 g/mol. The van der Waals surface area contributed by atoms with E-state index >= 15 is 0 Å². The average Bonchev–Trinajstić information content (AvgIpc) is 2.56. The van der Waals surface area contributed by atoms with Gasteiger partial charge in [0.1, 0.15) is 6.33 Å². The number of aliphatic hydroxyl groups excluding tert-OH is 1. The SMILES string of the molecule is Cn1cnnc1S[C@H]1CCCC[C@@H]1O. The fourth-order valence-electron chi connectivity index (χ4n) is 1.73. The van der Waals surface area contributed by atoms with Crippen LogP contribution >= 0.6 is 11.8 Å². The molecule has 14 heavy (non-hydrogen) atoms. The zero-order valence-corrected chi connectivity index (χ0v) is 9.07. The topological polar surface area (TPSA) is 50.9 Å². The van der Waals surface area contributed by atoms with Gasteiger partial charge >= 0.3 is 0 Å². The third kappa shape index (κ3) is 2.09. The van der Waals surface area contributed by atoms with Gasteiger partial charge in [-0.15, -0.1) is 10.2 Å². The van der Waals surface area contributed by atoms with Gasteiger partial charge in [0.2, 0.25) is 0 Å². The van der Waals surface area contributed by atoms with E-state index in [-0.39, 0.29) is 6.10 Å². The Morgan fingerprint density at radius 3 is 2.93 bits per heavy atom. The molecule has 0 aliphatic heterocycles. The Balaban J connectivity index is 1.99. The molecule has 1 fully saturated rings. The summed E-state index contributed by atoms with van der Waals surface area (Å²) in [4.78, 5) is 0. The summed E-state index contributed by atoms with van der Waals surface area (Å²) >= 11 is 1.65. The van der Waals surface area contributed by atoms with Crippen molar-refractivity contribution >= 4 is 11.8 Å². The molecule has 1 aliphatic rings. The molecule has 4 nitrogen and oxygen atoms in total. The van der Waals surface area contributed by atoms with E-state index in [9.17, 15) is 5.11 Å². The lowest BCUT2D eigenvalue weighted by Crippen LogP contribution is -2.27. The fraction of sp³-hybridized carbons (Fsp3) is 0.778. The number of aryl methyl sites for hydroxylation is 1. The maximum atomic E-state index is 9.78. The van der Waals surface area contributed by atoms with Gasteiger partial charge in [0, 0.05) is 12.3 Å². The summed E-state index contributed by atoms with van der Waals surface area (Å²) in [6.07, 6.45) is 5.89. The summed E-state index contributed by atoms with van der Waals surface area (Å²) in [6, 6.07) is 0. The van der Waals surface area contributed by atoms with Gasteiger partial charge in [-0.25, -0.2) is 0 Å². The third-order valence-electron chi connectivity index (χ3n) is 2.59. The molecule has 78 valence electrons. The minimum atomic E-state index is -0.176. The molecule has 1 heterocycles. The molecule has 2 atom stereocenters. The average molecular weight is 213 g/mol. The lowest BCUT2D eigenvalue weighted by Gasteiger charge is -2.26. The van der Waals surface area contributed by atoms with Crippen molar-refractivity contribution in [3.8, 4) is 0 Å². The Bertz CT molecular complexity index is 302. The highest BCUT2D eigenvalue weighted by molar-refractivity contribution is 7.99. The minimum Gasteiger partial charge on any atom is -0.392 e. The number of nitrogens with zero attached hydrogens (tertiary/aromatic N) is 3. The van der Waals surface area contributed by atoms with Crippen molar-refractivity contribution < 1.29 is 5.11 Å². The third-order valence-corrected chi connectivity index (χ3v) is 4.03. The van der Waals surface area contributed by atoms with E-state index in [2.05, 4.69) is 10.2 Å². The van der Waals surface area contributed by atoms with Crippen molar-refractivity contribution in [3.05, 3.63) is 6.33 Å². The molecular weight excluding hydrogens is 198 g/mol. The van der Waals surface area contributed by atoms with E-state index in [1.165, 1.54) is 6.42 Å². The van der Waals surface area contributed by atoms with E-state index in [1.807, 2.05) is 11.6 Å². The molecule has 0 unspecified atom stereocenters. The molecule has 5 heteroatoms. The predicted octanol–water partition coefficient (Wildman–Crippen LogP) is 1.21. The zero-order valence-electron chi connectivity index (χ0n) is 8.26. The quantitative estimate of drug-likeness (QED) is 0.802. The smallest absolute Gasteiger partial charge is 0.191 e. The number of rotatable bonds is 2. The Morgan fingerprint density at radius 1 is 1.50 bits per heavy atom. The molecule has 1 aromatic heterocycles. The van der Waals surface area contributed by atoms with Crippen LogP contribution in [0.15, 0.2) is 11.5 Å². The summed E-state index contributed by atoms with van der Waals surface area (Å²) < 4.78 is 1.89. The molecule has 1 aliphatic carbocycles. The number of hydrogen-bond acceptors (Lipinski definition) is 4. The number of aromatic nitrogens is 3. The van der Waals surface area contributed by atoms with Crippen molar-refractivity contribution in [2.75, 3.05) is 0 Å². The lowest BCUT2D eigenvalue weighted by atomic mass is 9.97. The summed E-state index contributed by atoms with van der Waals surface area (Å²) in [5, 5.41) is 18.8. The molecule has 0 spiro atoms. The van der Waals surface area contributed by atoms with Crippen LogP contribution in [-0.4, -0.2) is 31.2 Å². The molecule has 0 radical (unpaired) electrons. The normalized spacial score (nSPS) is 27.9. The van der Waals surface area contributed by atoms with Crippen molar-refractivity contribution in [2.45, 2.75) is 42.2 Å². The molecule has 1 aromatic rings. The Labute approximate surface area is 87.7 Å². The molecule has 1 saturated carbocycles. The fourth-order valence-corrected chi connectivity index (χ4v) is 2.89. The molecule has 0 aromatic carbocycles. The van der Waals surface area contributed by atoms with E-state index in [0.29, 0.717) is 5.25 Å². The molecule has 1 N–H and O–H groups in total. The van der Waals surface area contributed by atoms with Crippen LogP contribution in [0.5, 0.6) is 0 Å². The van der Waals surface area contributed by atoms with Crippen LogP contribution < -0.4 is 0 Å². The van der Waals surface area contributed by atoms with Crippen LogP contribution in [0.3, 0.4) is 0 Å². The standard InChI is InChI=1S/C9H15N3OS/c1-12-6-10-11-9(12)14-8-5-3-2-4-7(8)13/h6-8,13H,2-5H2,1H3/t7-,8-/m0/s1. The number of aliphatic hydroxyl groups is 1. The van der Waals surface area contributed by atoms with E-state index in [0.717, 1.165) is 24.4 Å². The first-order chi connectivity index (χ1) is 6.77. The second-order valence-corrected chi connectivity index (χ2v) is 4.94. The van der Waals surface area contributed by atoms with Gasteiger partial charge in [0.05, 0.1) is 6.10 Å². The molecule has 2 rings (SSSR count). The first kappa shape index (κ1) is 9.98. The van der Waals surface area contributed by atoms with Gasteiger partial charge in [0.25, 0.3) is 0 Å². The zero-order chi connectivity index (χ0) is 9.97. The second-order valence-electron chi connectivity index (χ2n) is 3.73. The lowest BCUT2D eigenvalue weighted by molar-refractivity contribution is 0.137. The highest BCUT2D eigenvalue weighted by atomic mass is 32.2. The maximum Gasteiger partial charge on any atom is 0.191 e. The number of hydrogen-bond donors (Lipinski definition) is 1. The van der Waals surface area contributed by atoms with Gasteiger partial charge in [-0.05, 0) is 12.8 Å². The minimum absolute atomic E-state index is 0.176. The molecular formula is C9H15N3OS. The van der Waals surface area contributed by atoms with Gasteiger partial charge in [-0.3, -0.25) is 0 Å². The van der Waals surface area contributed by atoms with Crippen LogP contribution in [0.2, 0.25) is 0 Å².